The molecule has 9 heteroatoms. The molecule has 3 aromatic rings. The Hall–Kier alpha value is -2.44. The topological polar surface area (TPSA) is 61.8 Å². The number of hydrogen-bond acceptors (Lipinski definition) is 5. The molecule has 33 heavy (non-hydrogen) atoms. The second-order valence-electron chi connectivity index (χ2n) is 7.30. The van der Waals surface area contributed by atoms with Gasteiger partial charge in [-0.2, -0.15) is 0 Å². The van der Waals surface area contributed by atoms with E-state index in [1.54, 1.807) is 36.4 Å². The largest absolute Gasteiger partial charge is 0.465 e. The highest BCUT2D eigenvalue weighted by atomic mass is 35.5. The summed E-state index contributed by atoms with van der Waals surface area (Å²) in [5.74, 6) is -0.0600. The highest BCUT2D eigenvalue weighted by molar-refractivity contribution is 6.49. The molecule has 3 aromatic carbocycles. The lowest BCUT2D eigenvalue weighted by Gasteiger charge is -2.16. The van der Waals surface area contributed by atoms with Crippen molar-refractivity contribution in [3.63, 3.8) is 0 Å². The van der Waals surface area contributed by atoms with E-state index in [1.165, 1.54) is 14.2 Å². The van der Waals surface area contributed by atoms with Gasteiger partial charge >= 0.3 is 11.9 Å². The van der Waals surface area contributed by atoms with E-state index in [9.17, 15) is 9.59 Å². The first-order valence-corrected chi connectivity index (χ1v) is 11.2. The molecule has 5 rings (SSSR count). The molecule has 2 bridgehead atoms. The maximum Gasteiger partial charge on any atom is 0.337 e. The van der Waals surface area contributed by atoms with Crippen molar-refractivity contribution < 1.29 is 23.8 Å². The van der Waals surface area contributed by atoms with Crippen LogP contribution in [0.2, 0.25) is 20.1 Å². The van der Waals surface area contributed by atoms with Crippen LogP contribution in [0.5, 0.6) is 11.5 Å². The molecule has 0 radical (unpaired) electrons. The summed E-state index contributed by atoms with van der Waals surface area (Å²) in [5, 5.41) is 1.01. The van der Waals surface area contributed by atoms with Crippen molar-refractivity contribution in [3.05, 3.63) is 89.9 Å². The molecular weight excluding hydrogens is 510 g/mol. The van der Waals surface area contributed by atoms with Crippen molar-refractivity contribution in [2.24, 2.45) is 0 Å². The molecular formula is C24H16Cl4O5. The molecule has 0 aliphatic carbocycles. The normalized spacial score (nSPS) is 12.2. The number of halogens is 4. The van der Waals surface area contributed by atoms with Crippen LogP contribution in [0.25, 0.3) is 0 Å². The van der Waals surface area contributed by atoms with Crippen molar-refractivity contribution in [2.75, 3.05) is 14.2 Å². The van der Waals surface area contributed by atoms with E-state index in [-0.39, 0.29) is 32.9 Å². The predicted octanol–water partition coefficient (Wildman–Crippen LogP) is 7.16. The zero-order valence-electron chi connectivity index (χ0n) is 17.4. The van der Waals surface area contributed by atoms with Crippen LogP contribution in [0.4, 0.5) is 0 Å². The fourth-order valence-corrected chi connectivity index (χ4v) is 4.85. The first-order chi connectivity index (χ1) is 15.7. The van der Waals surface area contributed by atoms with E-state index >= 15 is 0 Å². The van der Waals surface area contributed by atoms with Gasteiger partial charge in [-0.05, 0) is 47.5 Å². The molecule has 0 fully saturated rings. The molecule has 0 amide bonds. The van der Waals surface area contributed by atoms with Gasteiger partial charge in [0.15, 0.2) is 0 Å². The van der Waals surface area contributed by atoms with Crippen molar-refractivity contribution in [1.29, 1.82) is 0 Å². The highest BCUT2D eigenvalue weighted by Gasteiger charge is 2.25. The zero-order chi connectivity index (χ0) is 23.9. The second-order valence-corrected chi connectivity index (χ2v) is 8.81. The summed E-state index contributed by atoms with van der Waals surface area (Å²) in [6, 6.07) is 9.80. The van der Waals surface area contributed by atoms with Gasteiger partial charge in [0.1, 0.15) is 11.5 Å². The van der Waals surface area contributed by atoms with Crippen LogP contribution in [-0.4, -0.2) is 26.2 Å². The Bertz CT molecular complexity index is 1170. The van der Waals surface area contributed by atoms with Gasteiger partial charge in [-0.3, -0.25) is 0 Å². The molecule has 0 saturated carbocycles. The lowest BCUT2D eigenvalue weighted by Crippen LogP contribution is -2.05. The molecule has 2 heterocycles. The van der Waals surface area contributed by atoms with E-state index < -0.39 is 11.9 Å². The molecule has 170 valence electrons. The van der Waals surface area contributed by atoms with Gasteiger partial charge in [0.2, 0.25) is 0 Å². The van der Waals surface area contributed by atoms with Gasteiger partial charge < -0.3 is 14.2 Å². The molecule has 0 spiro atoms. The summed E-state index contributed by atoms with van der Waals surface area (Å²) in [7, 11) is 2.60. The molecule has 0 N–H and O–H groups in total. The predicted molar refractivity (Wildman–Crippen MR) is 128 cm³/mol. The quantitative estimate of drug-likeness (QED) is 0.205. The third kappa shape index (κ3) is 4.38. The zero-order valence-corrected chi connectivity index (χ0v) is 20.5. The summed E-state index contributed by atoms with van der Waals surface area (Å²) < 4.78 is 15.9. The van der Waals surface area contributed by atoms with E-state index in [1.807, 2.05) is 0 Å². The molecule has 2 aliphatic rings. The second kappa shape index (κ2) is 9.43. The molecule has 0 atom stereocenters. The van der Waals surface area contributed by atoms with Crippen molar-refractivity contribution >= 4 is 58.3 Å². The molecule has 0 unspecified atom stereocenters. The fourth-order valence-electron chi connectivity index (χ4n) is 3.66. The van der Waals surface area contributed by atoms with E-state index in [2.05, 4.69) is 0 Å². The first kappa shape index (κ1) is 23.7. The van der Waals surface area contributed by atoms with Crippen LogP contribution in [0.1, 0.15) is 43.0 Å². The van der Waals surface area contributed by atoms with Gasteiger partial charge in [-0.1, -0.05) is 46.4 Å². The van der Waals surface area contributed by atoms with Crippen molar-refractivity contribution in [3.8, 4) is 11.5 Å². The Labute approximate surface area is 210 Å². The first-order valence-electron chi connectivity index (χ1n) is 9.69. The average molecular weight is 526 g/mol. The molecule has 0 aromatic heterocycles. The van der Waals surface area contributed by atoms with Gasteiger partial charge in [0.25, 0.3) is 0 Å². The SMILES string of the molecule is COC(=O)c1ccc2c(c1)Cc1c(Cl)c(Cl)c(c(Cl)c1Cl)Cc1cc(C(=O)OC)ccc1O2. The third-order valence-corrected chi connectivity index (χ3v) is 7.22. The monoisotopic (exact) mass is 524 g/mol. The van der Waals surface area contributed by atoms with Gasteiger partial charge in [-0.25, -0.2) is 9.59 Å². The Balaban J connectivity index is 2.01. The number of ether oxygens (including phenoxy) is 3. The minimum Gasteiger partial charge on any atom is -0.465 e. The van der Waals surface area contributed by atoms with E-state index in [0.29, 0.717) is 44.9 Å². The van der Waals surface area contributed by atoms with Crippen LogP contribution in [0, 0.1) is 0 Å². The van der Waals surface area contributed by atoms with Crippen molar-refractivity contribution in [1.82, 2.24) is 0 Å². The number of methoxy groups -OCH3 is 2. The smallest absolute Gasteiger partial charge is 0.337 e. The van der Waals surface area contributed by atoms with Gasteiger partial charge in [0, 0.05) is 24.0 Å². The minimum atomic E-state index is -0.501. The summed E-state index contributed by atoms with van der Waals surface area (Å²) in [5.41, 5.74) is 2.90. The van der Waals surface area contributed by atoms with Gasteiger partial charge in [0.05, 0.1) is 45.4 Å². The number of benzene rings is 3. The van der Waals surface area contributed by atoms with Crippen LogP contribution < -0.4 is 4.74 Å². The number of carbonyl (C=O) groups is 2. The lowest BCUT2D eigenvalue weighted by atomic mass is 9.98. The minimum absolute atomic E-state index is 0.202. The summed E-state index contributed by atoms with van der Waals surface area (Å²) in [4.78, 5) is 24.2. The van der Waals surface area contributed by atoms with E-state index in [4.69, 9.17) is 60.6 Å². The fraction of sp³-hybridized carbons (Fsp3) is 0.167. The van der Waals surface area contributed by atoms with Crippen LogP contribution in [-0.2, 0) is 22.3 Å². The van der Waals surface area contributed by atoms with E-state index in [0.717, 1.165) is 0 Å². The van der Waals surface area contributed by atoms with Crippen LogP contribution in [0.15, 0.2) is 36.4 Å². The maximum absolute atomic E-state index is 12.1. The molecule has 2 aliphatic heterocycles. The highest BCUT2D eigenvalue weighted by Crippen LogP contribution is 2.45. The summed E-state index contributed by atoms with van der Waals surface area (Å²) >= 11 is 26.5. The lowest BCUT2D eigenvalue weighted by molar-refractivity contribution is 0.0592. The Morgan fingerprint density at radius 1 is 0.697 bits per heavy atom. The van der Waals surface area contributed by atoms with Crippen molar-refractivity contribution in [2.45, 2.75) is 12.8 Å². The number of carbonyl (C=O) groups excluding carboxylic acids is 2. The third-order valence-electron chi connectivity index (χ3n) is 5.36. The number of esters is 2. The standard InChI is InChI=1S/C24H16Cl4O5/c1-31-23(29)11-3-5-17-13(7-11)9-15-19(25)21(27)16(22(28)20(15)26)10-14-8-12(24(30)32-2)4-6-18(14)33-17/h3-8H,9-10H2,1-2H3. The van der Waals surface area contributed by atoms with Gasteiger partial charge in [-0.15, -0.1) is 0 Å². The Kier molecular flexibility index (Phi) is 6.78. The Morgan fingerprint density at radius 2 is 1.06 bits per heavy atom. The van der Waals surface area contributed by atoms with Crippen LogP contribution >= 0.6 is 46.4 Å². The molecule has 5 nitrogen and oxygen atoms in total. The van der Waals surface area contributed by atoms with Crippen LogP contribution in [0.3, 0.4) is 0 Å². The Morgan fingerprint density at radius 3 is 1.39 bits per heavy atom. The summed E-state index contributed by atoms with van der Waals surface area (Å²) in [6.07, 6.45) is 0.403. The molecule has 0 saturated heterocycles. The number of hydrogen-bond donors (Lipinski definition) is 0. The number of fused-ring (bicyclic) bond motifs is 2. The average Bonchev–Trinajstić information content (AvgIpc) is 2.85. The maximum atomic E-state index is 12.1. The number of rotatable bonds is 2. The summed E-state index contributed by atoms with van der Waals surface area (Å²) in [6.45, 7) is 0.